The van der Waals surface area contributed by atoms with Crippen molar-refractivity contribution in [2.45, 2.75) is 77.4 Å². The molecule has 3 rings (SSSR count). The number of aryl methyl sites for hydroxylation is 2. The Balaban J connectivity index is 1.70. The molecule has 0 aliphatic heterocycles. The molecule has 0 saturated heterocycles. The third-order valence-corrected chi connectivity index (χ3v) is 6.59. The zero-order chi connectivity index (χ0) is 22.2. The van der Waals surface area contributed by atoms with E-state index in [0.717, 1.165) is 43.2 Å². The van der Waals surface area contributed by atoms with E-state index in [-0.39, 0.29) is 17.9 Å². The average molecular weight is 441 g/mol. The van der Waals surface area contributed by atoms with Gasteiger partial charge in [0.2, 0.25) is 11.8 Å². The molecule has 1 aliphatic rings. The topological polar surface area (TPSA) is 49.4 Å². The largest absolute Gasteiger partial charge is 0.352 e. The van der Waals surface area contributed by atoms with Crippen LogP contribution in [0.5, 0.6) is 0 Å². The van der Waals surface area contributed by atoms with Crippen molar-refractivity contribution in [3.05, 3.63) is 70.2 Å². The summed E-state index contributed by atoms with van der Waals surface area (Å²) in [7, 11) is 0. The first-order valence-corrected chi connectivity index (χ1v) is 11.8. The first kappa shape index (κ1) is 23.3. The molecule has 4 nitrogen and oxygen atoms in total. The molecule has 1 saturated carbocycles. The molecule has 1 atom stereocenters. The van der Waals surface area contributed by atoms with Gasteiger partial charge in [-0.15, -0.1) is 0 Å². The minimum absolute atomic E-state index is 0.0337. The van der Waals surface area contributed by atoms with Crippen LogP contribution in [0.15, 0.2) is 48.5 Å². The van der Waals surface area contributed by atoms with Gasteiger partial charge in [0.25, 0.3) is 0 Å². The van der Waals surface area contributed by atoms with E-state index in [9.17, 15) is 9.59 Å². The van der Waals surface area contributed by atoms with Crippen LogP contribution in [-0.2, 0) is 29.0 Å². The third-order valence-electron chi connectivity index (χ3n) is 6.23. The van der Waals surface area contributed by atoms with Crippen LogP contribution in [0, 0.1) is 0 Å². The van der Waals surface area contributed by atoms with E-state index >= 15 is 0 Å². The summed E-state index contributed by atoms with van der Waals surface area (Å²) in [6.45, 7) is 4.27. The highest BCUT2D eigenvalue weighted by Crippen LogP contribution is 2.21. The van der Waals surface area contributed by atoms with Crippen molar-refractivity contribution >= 4 is 23.4 Å². The van der Waals surface area contributed by atoms with Crippen LogP contribution in [0.25, 0.3) is 0 Å². The second-order valence-electron chi connectivity index (χ2n) is 8.45. The number of nitrogens with zero attached hydrogens (tertiary/aromatic N) is 1. The lowest BCUT2D eigenvalue weighted by molar-refractivity contribution is -0.140. The first-order chi connectivity index (χ1) is 15.0. The number of benzene rings is 2. The SMILES string of the molecule is CCc1ccc(CCC(=O)N(Cc2ccccc2Cl)C(C)C(=O)NC2CCCC2)cc1. The van der Waals surface area contributed by atoms with E-state index in [1.165, 1.54) is 5.56 Å². The molecule has 1 fully saturated rings. The summed E-state index contributed by atoms with van der Waals surface area (Å²) in [6.07, 6.45) is 6.35. The van der Waals surface area contributed by atoms with Gasteiger partial charge in [-0.2, -0.15) is 0 Å². The summed E-state index contributed by atoms with van der Waals surface area (Å²) in [5, 5.41) is 3.75. The van der Waals surface area contributed by atoms with Gasteiger partial charge in [0.1, 0.15) is 6.04 Å². The van der Waals surface area contributed by atoms with E-state index in [4.69, 9.17) is 11.6 Å². The fourth-order valence-corrected chi connectivity index (χ4v) is 4.32. The summed E-state index contributed by atoms with van der Waals surface area (Å²) in [5.74, 6) is -0.117. The molecule has 2 amide bonds. The van der Waals surface area contributed by atoms with Crippen molar-refractivity contribution in [3.63, 3.8) is 0 Å². The Morgan fingerprint density at radius 2 is 1.71 bits per heavy atom. The van der Waals surface area contributed by atoms with Crippen LogP contribution in [0.2, 0.25) is 5.02 Å². The lowest BCUT2D eigenvalue weighted by Gasteiger charge is -2.30. The molecule has 0 radical (unpaired) electrons. The van der Waals surface area contributed by atoms with Crippen molar-refractivity contribution in [3.8, 4) is 0 Å². The van der Waals surface area contributed by atoms with Gasteiger partial charge in [0.15, 0.2) is 0 Å². The predicted octanol–water partition coefficient (Wildman–Crippen LogP) is 5.31. The van der Waals surface area contributed by atoms with E-state index in [0.29, 0.717) is 24.4 Å². The van der Waals surface area contributed by atoms with Crippen molar-refractivity contribution < 1.29 is 9.59 Å². The van der Waals surface area contributed by atoms with Gasteiger partial charge in [0, 0.05) is 24.0 Å². The maximum absolute atomic E-state index is 13.2. The normalized spacial score (nSPS) is 14.9. The monoisotopic (exact) mass is 440 g/mol. The molecule has 5 heteroatoms. The summed E-state index contributed by atoms with van der Waals surface area (Å²) in [6, 6.07) is 15.6. The predicted molar refractivity (Wildman–Crippen MR) is 126 cm³/mol. The van der Waals surface area contributed by atoms with Gasteiger partial charge in [-0.05, 0) is 55.4 Å². The Labute approximate surface area is 191 Å². The Morgan fingerprint density at radius 3 is 2.35 bits per heavy atom. The van der Waals surface area contributed by atoms with Gasteiger partial charge in [-0.3, -0.25) is 9.59 Å². The van der Waals surface area contributed by atoms with Crippen molar-refractivity contribution in [1.82, 2.24) is 10.2 Å². The van der Waals surface area contributed by atoms with Crippen LogP contribution in [0.4, 0.5) is 0 Å². The number of carbonyl (C=O) groups is 2. The maximum Gasteiger partial charge on any atom is 0.242 e. The van der Waals surface area contributed by atoms with Gasteiger partial charge in [0.05, 0.1) is 0 Å². The Hall–Kier alpha value is -2.33. The zero-order valence-corrected chi connectivity index (χ0v) is 19.3. The molecule has 1 aliphatic carbocycles. The summed E-state index contributed by atoms with van der Waals surface area (Å²) in [5.41, 5.74) is 3.27. The summed E-state index contributed by atoms with van der Waals surface area (Å²) >= 11 is 6.36. The number of rotatable bonds is 9. The molecule has 2 aromatic rings. The van der Waals surface area contributed by atoms with Gasteiger partial charge >= 0.3 is 0 Å². The Bertz CT molecular complexity index is 875. The molecule has 0 spiro atoms. The van der Waals surface area contributed by atoms with Crippen molar-refractivity contribution in [2.24, 2.45) is 0 Å². The lowest BCUT2D eigenvalue weighted by atomic mass is 10.0. The minimum atomic E-state index is -0.549. The number of halogens is 1. The molecule has 1 unspecified atom stereocenters. The highest BCUT2D eigenvalue weighted by molar-refractivity contribution is 6.31. The van der Waals surface area contributed by atoms with Crippen LogP contribution in [0.3, 0.4) is 0 Å². The van der Waals surface area contributed by atoms with E-state index in [2.05, 4.69) is 36.5 Å². The van der Waals surface area contributed by atoms with E-state index in [1.54, 1.807) is 4.90 Å². The Morgan fingerprint density at radius 1 is 1.06 bits per heavy atom. The van der Waals surface area contributed by atoms with Crippen LogP contribution < -0.4 is 5.32 Å². The zero-order valence-electron chi connectivity index (χ0n) is 18.6. The average Bonchev–Trinajstić information content (AvgIpc) is 3.30. The first-order valence-electron chi connectivity index (χ1n) is 11.4. The highest BCUT2D eigenvalue weighted by Gasteiger charge is 2.28. The lowest BCUT2D eigenvalue weighted by Crippen LogP contribution is -2.49. The molecule has 1 N–H and O–H groups in total. The number of nitrogens with one attached hydrogen (secondary N) is 1. The third kappa shape index (κ3) is 6.57. The quantitative estimate of drug-likeness (QED) is 0.574. The highest BCUT2D eigenvalue weighted by atomic mass is 35.5. The number of amides is 2. The summed E-state index contributed by atoms with van der Waals surface area (Å²) < 4.78 is 0. The fourth-order valence-electron chi connectivity index (χ4n) is 4.12. The standard InChI is InChI=1S/C26H33ClN2O2/c1-3-20-12-14-21(15-13-20)16-17-25(30)29(18-22-8-4-7-11-24(22)27)19(2)26(31)28-23-9-5-6-10-23/h4,7-8,11-15,19,23H,3,5-6,9-10,16-18H2,1-2H3,(H,28,31). The molecule has 2 aromatic carbocycles. The number of hydrogen-bond acceptors (Lipinski definition) is 2. The fraction of sp³-hybridized carbons (Fsp3) is 0.462. The van der Waals surface area contributed by atoms with E-state index < -0.39 is 6.04 Å². The Kier molecular flexibility index (Phi) is 8.53. The second-order valence-corrected chi connectivity index (χ2v) is 8.86. The molecule has 0 aromatic heterocycles. The van der Waals surface area contributed by atoms with Crippen molar-refractivity contribution in [1.29, 1.82) is 0 Å². The van der Waals surface area contributed by atoms with Gasteiger partial charge in [-0.1, -0.05) is 73.8 Å². The van der Waals surface area contributed by atoms with Crippen LogP contribution in [0.1, 0.15) is 62.6 Å². The molecule has 166 valence electrons. The number of carbonyl (C=O) groups excluding carboxylic acids is 2. The smallest absolute Gasteiger partial charge is 0.242 e. The minimum Gasteiger partial charge on any atom is -0.352 e. The molecular formula is C26H33ClN2O2. The van der Waals surface area contributed by atoms with Crippen LogP contribution in [-0.4, -0.2) is 28.8 Å². The molecule has 0 bridgehead atoms. The van der Waals surface area contributed by atoms with Crippen molar-refractivity contribution in [2.75, 3.05) is 0 Å². The molecule has 31 heavy (non-hydrogen) atoms. The maximum atomic E-state index is 13.2. The number of hydrogen-bond donors (Lipinski definition) is 1. The molecular weight excluding hydrogens is 408 g/mol. The van der Waals surface area contributed by atoms with Gasteiger partial charge < -0.3 is 10.2 Å². The second kappa shape index (κ2) is 11.3. The van der Waals surface area contributed by atoms with Crippen LogP contribution >= 0.6 is 11.6 Å². The van der Waals surface area contributed by atoms with Gasteiger partial charge in [-0.25, -0.2) is 0 Å². The van der Waals surface area contributed by atoms with E-state index in [1.807, 2.05) is 31.2 Å². The summed E-state index contributed by atoms with van der Waals surface area (Å²) in [4.78, 5) is 27.8. The molecule has 0 heterocycles.